The fraction of sp³-hybridized carbons (Fsp3) is 0.520. The molecule has 1 aliphatic heterocycles. The van der Waals surface area contributed by atoms with Gasteiger partial charge in [-0.25, -0.2) is 8.42 Å². The standard InChI is InChI=1S/C25H33ClN2O4SSi/c1-24(2,3)34(4,5)32-25(12-13-25)23-16-20(29)15-22(18-7-6-14-27-17-18)28(23)33(30,31)21-10-8-19(26)9-11-21/h6-11,14,17,22-23H,12-13,15-16H2,1-5H3. The largest absolute Gasteiger partial charge is 0.410 e. The van der Waals surface area contributed by atoms with Crippen LogP contribution >= 0.6 is 11.6 Å². The lowest BCUT2D eigenvalue weighted by Crippen LogP contribution is -2.58. The molecule has 1 aliphatic carbocycles. The number of nitrogens with zero attached hydrogens (tertiary/aromatic N) is 2. The second-order valence-electron chi connectivity index (χ2n) is 11.0. The summed E-state index contributed by atoms with van der Waals surface area (Å²) in [7, 11) is -6.18. The summed E-state index contributed by atoms with van der Waals surface area (Å²) < 4.78 is 36.7. The number of ketones is 1. The first-order valence-electron chi connectivity index (χ1n) is 11.7. The van der Waals surface area contributed by atoms with Gasteiger partial charge >= 0.3 is 0 Å². The van der Waals surface area contributed by atoms with Crippen LogP contribution in [0.5, 0.6) is 0 Å². The molecule has 2 unspecified atom stereocenters. The first-order chi connectivity index (χ1) is 15.8. The number of Topliss-reactive ketones (excluding diaryl/α,β-unsaturated/α-hetero) is 1. The van der Waals surface area contributed by atoms with Crippen LogP contribution in [0.1, 0.15) is 58.1 Å². The highest BCUT2D eigenvalue weighted by Gasteiger charge is 2.61. The number of pyridine rings is 1. The molecular formula is C25H33ClN2O4SSi. The first-order valence-corrected chi connectivity index (χ1v) is 16.4. The molecule has 2 aliphatic rings. The third-order valence-electron chi connectivity index (χ3n) is 7.53. The van der Waals surface area contributed by atoms with E-state index < -0.39 is 36.0 Å². The van der Waals surface area contributed by atoms with Crippen LogP contribution in [-0.2, 0) is 19.2 Å². The van der Waals surface area contributed by atoms with Crippen LogP contribution < -0.4 is 0 Å². The van der Waals surface area contributed by atoms with E-state index in [1.807, 2.05) is 6.07 Å². The summed E-state index contributed by atoms with van der Waals surface area (Å²) in [5.41, 5.74) is 0.0557. The van der Waals surface area contributed by atoms with Crippen molar-refractivity contribution in [3.63, 3.8) is 0 Å². The quantitative estimate of drug-likeness (QED) is 0.453. The Morgan fingerprint density at radius 3 is 2.29 bits per heavy atom. The highest BCUT2D eigenvalue weighted by atomic mass is 35.5. The molecule has 0 bridgehead atoms. The number of rotatable bonds is 6. The van der Waals surface area contributed by atoms with Crippen molar-refractivity contribution < 1.29 is 17.6 Å². The number of benzene rings is 1. The van der Waals surface area contributed by atoms with Crippen LogP contribution in [0, 0.1) is 0 Å². The lowest BCUT2D eigenvalue weighted by Gasteiger charge is -2.48. The summed E-state index contributed by atoms with van der Waals surface area (Å²) >= 11 is 6.04. The van der Waals surface area contributed by atoms with Crippen molar-refractivity contribution in [1.29, 1.82) is 0 Å². The molecule has 0 radical (unpaired) electrons. The number of carbonyl (C=O) groups is 1. The molecule has 9 heteroatoms. The molecule has 2 aromatic rings. The topological polar surface area (TPSA) is 76.6 Å². The summed E-state index contributed by atoms with van der Waals surface area (Å²) in [5, 5.41) is 0.428. The van der Waals surface area contributed by atoms with Crippen molar-refractivity contribution in [1.82, 2.24) is 9.29 Å². The van der Waals surface area contributed by atoms with Gasteiger partial charge in [0.25, 0.3) is 0 Å². The number of aromatic nitrogens is 1. The lowest BCUT2D eigenvalue weighted by atomic mass is 9.89. The molecule has 4 rings (SSSR count). The van der Waals surface area contributed by atoms with Gasteiger partial charge in [0.05, 0.1) is 22.6 Å². The van der Waals surface area contributed by atoms with E-state index >= 15 is 0 Å². The molecule has 2 fully saturated rings. The van der Waals surface area contributed by atoms with Crippen molar-refractivity contribution in [2.75, 3.05) is 0 Å². The van der Waals surface area contributed by atoms with Crippen molar-refractivity contribution >= 4 is 35.7 Å². The molecule has 2 heterocycles. The second kappa shape index (κ2) is 8.82. The number of carbonyl (C=O) groups excluding carboxylic acids is 1. The van der Waals surface area contributed by atoms with Crippen LogP contribution in [0.25, 0.3) is 0 Å². The Morgan fingerprint density at radius 2 is 1.76 bits per heavy atom. The summed E-state index contributed by atoms with van der Waals surface area (Å²) in [6.07, 6.45) is 5.04. The number of piperidine rings is 1. The highest BCUT2D eigenvalue weighted by molar-refractivity contribution is 7.89. The minimum atomic E-state index is -3.95. The first kappa shape index (κ1) is 25.5. The van der Waals surface area contributed by atoms with Crippen LogP contribution in [0.4, 0.5) is 0 Å². The molecule has 1 aromatic heterocycles. The van der Waals surface area contributed by atoms with Crippen molar-refractivity contribution in [2.24, 2.45) is 0 Å². The molecular weight excluding hydrogens is 488 g/mol. The number of hydrogen-bond acceptors (Lipinski definition) is 5. The maximum Gasteiger partial charge on any atom is 0.244 e. The summed E-state index contributed by atoms with van der Waals surface area (Å²) in [6, 6.07) is 8.61. The predicted molar refractivity (Wildman–Crippen MR) is 136 cm³/mol. The van der Waals surface area contributed by atoms with Crippen molar-refractivity contribution in [3.05, 3.63) is 59.4 Å². The Hall–Kier alpha value is -1.58. The number of sulfonamides is 1. The van der Waals surface area contributed by atoms with Gasteiger partial charge in [0.1, 0.15) is 5.78 Å². The third kappa shape index (κ3) is 4.75. The Kier molecular flexibility index (Phi) is 6.61. The van der Waals surface area contributed by atoms with E-state index in [0.717, 1.165) is 12.8 Å². The van der Waals surface area contributed by atoms with Gasteiger partial charge < -0.3 is 4.43 Å². The van der Waals surface area contributed by atoms with E-state index in [9.17, 15) is 13.2 Å². The van der Waals surface area contributed by atoms with E-state index in [-0.39, 0.29) is 28.6 Å². The smallest absolute Gasteiger partial charge is 0.244 e. The van der Waals surface area contributed by atoms with Crippen LogP contribution in [0.2, 0.25) is 23.2 Å². The molecule has 0 amide bonds. The molecule has 0 N–H and O–H groups in total. The maximum atomic E-state index is 14.1. The van der Waals surface area contributed by atoms with Gasteiger partial charge in [-0.3, -0.25) is 9.78 Å². The van der Waals surface area contributed by atoms with Crippen LogP contribution in [-0.4, -0.2) is 43.5 Å². The molecule has 1 saturated heterocycles. The van der Waals surface area contributed by atoms with E-state index in [1.165, 1.54) is 12.1 Å². The maximum absolute atomic E-state index is 14.1. The Morgan fingerprint density at radius 1 is 1.12 bits per heavy atom. The van der Waals surface area contributed by atoms with Crippen LogP contribution in [0.3, 0.4) is 0 Å². The number of hydrogen-bond donors (Lipinski definition) is 0. The van der Waals surface area contributed by atoms with E-state index in [4.69, 9.17) is 16.0 Å². The zero-order valence-corrected chi connectivity index (χ0v) is 23.0. The highest BCUT2D eigenvalue weighted by Crippen LogP contribution is 2.55. The molecule has 2 atom stereocenters. The second-order valence-corrected chi connectivity index (χ2v) is 18.0. The summed E-state index contributed by atoms with van der Waals surface area (Å²) in [4.78, 5) is 17.4. The molecule has 1 saturated carbocycles. The van der Waals surface area contributed by atoms with Gasteiger partial charge in [0.15, 0.2) is 8.32 Å². The summed E-state index contributed by atoms with van der Waals surface area (Å²) in [6.45, 7) is 10.9. The Balaban J connectivity index is 1.83. The SMILES string of the molecule is CC(C)(C)[Si](C)(C)OC1(C2CC(=O)CC(c3cccnc3)N2S(=O)(=O)c2ccc(Cl)cc2)CC1. The minimum Gasteiger partial charge on any atom is -0.410 e. The fourth-order valence-electron chi connectivity index (χ4n) is 4.52. The third-order valence-corrected chi connectivity index (χ3v) is 14.2. The molecule has 1 aromatic carbocycles. The van der Waals surface area contributed by atoms with Gasteiger partial charge in [0, 0.05) is 30.3 Å². The van der Waals surface area contributed by atoms with Gasteiger partial charge in [-0.05, 0) is 66.9 Å². The van der Waals surface area contributed by atoms with Gasteiger partial charge in [-0.1, -0.05) is 38.4 Å². The molecule has 0 spiro atoms. The predicted octanol–water partition coefficient (Wildman–Crippen LogP) is 5.75. The zero-order chi connectivity index (χ0) is 24.9. The van der Waals surface area contributed by atoms with Gasteiger partial charge in [-0.2, -0.15) is 4.31 Å². The lowest BCUT2D eigenvalue weighted by molar-refractivity contribution is -0.125. The molecule has 34 heavy (non-hydrogen) atoms. The molecule has 184 valence electrons. The minimum absolute atomic E-state index is 0.0378. The zero-order valence-electron chi connectivity index (χ0n) is 20.4. The average molecular weight is 521 g/mol. The van der Waals surface area contributed by atoms with Gasteiger partial charge in [0.2, 0.25) is 10.0 Å². The van der Waals surface area contributed by atoms with Crippen LogP contribution in [0.15, 0.2) is 53.7 Å². The fourth-order valence-corrected chi connectivity index (χ4v) is 8.16. The van der Waals surface area contributed by atoms with Gasteiger partial charge in [-0.15, -0.1) is 0 Å². The number of halogens is 1. The Bertz CT molecular complexity index is 1160. The normalized spacial score (nSPS) is 23.6. The monoisotopic (exact) mass is 520 g/mol. The van der Waals surface area contributed by atoms with E-state index in [2.05, 4.69) is 38.8 Å². The summed E-state index contributed by atoms with van der Waals surface area (Å²) in [5.74, 6) is 0.0477. The van der Waals surface area contributed by atoms with E-state index in [1.54, 1.807) is 34.9 Å². The van der Waals surface area contributed by atoms with Crippen molar-refractivity contribution in [3.8, 4) is 0 Å². The Labute approximate surface area is 208 Å². The average Bonchev–Trinajstić information content (AvgIpc) is 3.53. The molecule has 6 nitrogen and oxygen atoms in total. The van der Waals surface area contributed by atoms with Crippen molar-refractivity contribution in [2.45, 2.75) is 87.2 Å². The van der Waals surface area contributed by atoms with E-state index in [0.29, 0.717) is 10.6 Å².